The molecule has 0 saturated carbocycles. The van der Waals surface area contributed by atoms with Gasteiger partial charge in [-0.2, -0.15) is 0 Å². The Hall–Kier alpha value is -3.41. The summed E-state index contributed by atoms with van der Waals surface area (Å²) in [6.45, 7) is 16.5. The van der Waals surface area contributed by atoms with Crippen molar-refractivity contribution in [2.24, 2.45) is 5.73 Å². The number of likely N-dealkylation sites (N-methyl/N-ethyl adjacent to an activating group) is 1. The average Bonchev–Trinajstić information content (AvgIpc) is 3.43. The first-order valence-corrected chi connectivity index (χ1v) is 14.6. The number of nitrogens with zero attached hydrogens (tertiary/aromatic N) is 1. The smallest absolute Gasteiger partial charge is 0.252 e. The van der Waals surface area contributed by atoms with Crippen molar-refractivity contribution in [2.45, 2.75) is 104 Å². The molecule has 6 heteroatoms. The van der Waals surface area contributed by atoms with Gasteiger partial charge in [-0.25, -0.2) is 0 Å². The Bertz CT molecular complexity index is 1110. The fourth-order valence-electron chi connectivity index (χ4n) is 5.00. The maximum atomic E-state index is 12.3. The van der Waals surface area contributed by atoms with E-state index in [1.165, 1.54) is 40.7 Å². The van der Waals surface area contributed by atoms with Crippen LogP contribution in [-0.2, 0) is 33.6 Å². The third-order valence-electron chi connectivity index (χ3n) is 7.75. The first-order valence-electron chi connectivity index (χ1n) is 14.6. The summed E-state index contributed by atoms with van der Waals surface area (Å²) in [4.78, 5) is 33.7. The number of carbonyl (C=O) groups is 3. The number of fused-ring (bicyclic) bond motifs is 1. The predicted molar refractivity (Wildman–Crippen MR) is 166 cm³/mol. The third-order valence-corrected chi connectivity index (χ3v) is 7.75. The van der Waals surface area contributed by atoms with Crippen LogP contribution >= 0.6 is 0 Å². The van der Waals surface area contributed by atoms with Crippen LogP contribution in [-0.4, -0.2) is 35.6 Å². The van der Waals surface area contributed by atoms with Crippen LogP contribution in [0.25, 0.3) is 0 Å². The van der Waals surface area contributed by atoms with Crippen LogP contribution in [0.1, 0.15) is 100 Å². The van der Waals surface area contributed by atoms with Crippen LogP contribution in [0.15, 0.2) is 54.9 Å². The molecule has 0 aromatic heterocycles. The van der Waals surface area contributed by atoms with Crippen molar-refractivity contribution in [3.05, 3.63) is 82.7 Å². The van der Waals surface area contributed by atoms with Gasteiger partial charge in [-0.1, -0.05) is 89.6 Å². The Morgan fingerprint density at radius 2 is 1.75 bits per heavy atom. The quantitative estimate of drug-likeness (QED) is 0.392. The molecule has 220 valence electrons. The highest BCUT2D eigenvalue weighted by molar-refractivity contribution is 5.92. The van der Waals surface area contributed by atoms with E-state index in [1.54, 1.807) is 6.92 Å². The summed E-state index contributed by atoms with van der Waals surface area (Å²) >= 11 is 0. The topological polar surface area (TPSA) is 92.5 Å². The van der Waals surface area contributed by atoms with Gasteiger partial charge in [-0.05, 0) is 66.8 Å². The van der Waals surface area contributed by atoms with Crippen molar-refractivity contribution in [1.29, 1.82) is 0 Å². The fraction of sp³-hybridized carbons (Fsp3) is 0.500. The minimum Gasteiger partial charge on any atom is -0.372 e. The number of nitrogens with one attached hydrogen (secondary N) is 1. The summed E-state index contributed by atoms with van der Waals surface area (Å²) in [5.74, 6) is 1.67. The molecule has 1 heterocycles. The van der Waals surface area contributed by atoms with Crippen LogP contribution in [0.3, 0.4) is 0 Å². The number of benzene rings is 2. The molecule has 3 N–H and O–H groups in total. The largest absolute Gasteiger partial charge is 0.372 e. The van der Waals surface area contributed by atoms with Crippen LogP contribution in [0.5, 0.6) is 0 Å². The first kappa shape index (κ1) is 34.6. The molecule has 4 rings (SSSR count). The maximum absolute atomic E-state index is 12.3. The van der Waals surface area contributed by atoms with E-state index in [2.05, 4.69) is 88.6 Å². The first-order chi connectivity index (χ1) is 19.0. The average molecular weight is 550 g/mol. The van der Waals surface area contributed by atoms with Crippen molar-refractivity contribution in [2.75, 3.05) is 7.05 Å². The lowest BCUT2D eigenvalue weighted by Gasteiger charge is -2.29. The molecule has 2 aliphatic rings. The van der Waals surface area contributed by atoms with E-state index in [9.17, 15) is 9.59 Å². The maximum Gasteiger partial charge on any atom is 0.252 e. The zero-order valence-corrected chi connectivity index (χ0v) is 25.8. The summed E-state index contributed by atoms with van der Waals surface area (Å²) in [6, 6.07) is 15.0. The summed E-state index contributed by atoms with van der Waals surface area (Å²) in [5.41, 5.74) is 10.4. The SMILES string of the molecule is C=C1NC(=O)C2(Cc3cc(CC)cc(C)c3C2)N1C.CC(=O)CCCC(C)c1ccccc1.CCCC.NC=O. The van der Waals surface area contributed by atoms with Gasteiger partial charge in [0.1, 0.15) is 17.1 Å². The molecule has 2 aromatic rings. The van der Waals surface area contributed by atoms with Crippen molar-refractivity contribution in [3.63, 3.8) is 0 Å². The standard InChI is InChI=1S/C16H20N2O.C13H18O.C4H10.CH3NO/c1-5-12-6-10(2)14-9-16(8-13(14)7-12)15(19)17-11(3)18(16)4;1-11(7-6-8-12(2)14)13-9-4-3-5-10-13;1-3-4-2;2-1-3/h6-7H,3,5,8-9H2,1-2,4H3,(H,17,19);3-5,9-11H,6-8H2,1-2H3;3-4H2,1-2H3;1H,(H2,2,3). The molecule has 2 aromatic carbocycles. The van der Waals surface area contributed by atoms with E-state index in [-0.39, 0.29) is 12.3 Å². The highest BCUT2D eigenvalue weighted by Gasteiger charge is 2.52. The number of nitrogens with two attached hydrogens (primary N) is 1. The van der Waals surface area contributed by atoms with E-state index in [0.29, 0.717) is 17.5 Å². The van der Waals surface area contributed by atoms with Gasteiger partial charge < -0.3 is 20.7 Å². The monoisotopic (exact) mass is 549 g/mol. The molecule has 1 aliphatic heterocycles. The van der Waals surface area contributed by atoms with E-state index in [4.69, 9.17) is 4.79 Å². The number of hydrogen-bond donors (Lipinski definition) is 2. The minimum absolute atomic E-state index is 0.0913. The van der Waals surface area contributed by atoms with E-state index >= 15 is 0 Å². The Morgan fingerprint density at radius 3 is 2.23 bits per heavy atom. The second-order valence-corrected chi connectivity index (χ2v) is 10.8. The number of carbonyl (C=O) groups excluding carboxylic acids is 3. The van der Waals surface area contributed by atoms with Gasteiger partial charge in [0.2, 0.25) is 6.41 Å². The molecule has 2 amide bonds. The van der Waals surface area contributed by atoms with Crippen LogP contribution in [0.2, 0.25) is 0 Å². The normalized spacial score (nSPS) is 17.3. The number of rotatable bonds is 7. The molecule has 1 spiro atoms. The van der Waals surface area contributed by atoms with Gasteiger partial charge in [-0.3, -0.25) is 9.59 Å². The lowest BCUT2D eigenvalue weighted by Crippen LogP contribution is -2.47. The number of ketones is 1. The predicted octanol–water partition coefficient (Wildman–Crippen LogP) is 6.38. The second-order valence-electron chi connectivity index (χ2n) is 10.8. The summed E-state index contributed by atoms with van der Waals surface area (Å²) in [7, 11) is 1.96. The lowest BCUT2D eigenvalue weighted by molar-refractivity contribution is -0.125. The molecule has 0 radical (unpaired) electrons. The number of unbranched alkanes of at least 4 members (excludes halogenated alkanes) is 1. The Balaban J connectivity index is 0.000000335. The van der Waals surface area contributed by atoms with Gasteiger partial charge in [0.25, 0.3) is 5.91 Å². The summed E-state index contributed by atoms with van der Waals surface area (Å²) in [6.07, 6.45) is 8.33. The van der Waals surface area contributed by atoms with Crippen LogP contribution in [0, 0.1) is 6.92 Å². The molecular formula is C34H51N3O3. The molecular weight excluding hydrogens is 498 g/mol. The molecule has 2 unspecified atom stereocenters. The van der Waals surface area contributed by atoms with E-state index < -0.39 is 5.54 Å². The van der Waals surface area contributed by atoms with Crippen molar-refractivity contribution >= 4 is 18.1 Å². The Morgan fingerprint density at radius 1 is 1.15 bits per heavy atom. The Kier molecular flexibility index (Phi) is 15.0. The van der Waals surface area contributed by atoms with Crippen molar-refractivity contribution in [3.8, 4) is 0 Å². The van der Waals surface area contributed by atoms with Gasteiger partial charge in [-0.15, -0.1) is 0 Å². The van der Waals surface area contributed by atoms with Crippen LogP contribution in [0.4, 0.5) is 0 Å². The fourth-order valence-corrected chi connectivity index (χ4v) is 5.00. The number of aryl methyl sites for hydroxylation is 2. The molecule has 1 saturated heterocycles. The second kappa shape index (κ2) is 17.3. The molecule has 6 nitrogen and oxygen atoms in total. The lowest BCUT2D eigenvalue weighted by atomic mass is 9.94. The third kappa shape index (κ3) is 9.65. The number of hydrogen-bond acceptors (Lipinski definition) is 4. The van der Waals surface area contributed by atoms with Gasteiger partial charge >= 0.3 is 0 Å². The molecule has 1 aliphatic carbocycles. The van der Waals surface area contributed by atoms with Gasteiger partial charge in [0.15, 0.2) is 0 Å². The molecule has 0 bridgehead atoms. The zero-order chi connectivity index (χ0) is 30.3. The van der Waals surface area contributed by atoms with E-state index in [1.807, 2.05) is 18.0 Å². The van der Waals surface area contributed by atoms with E-state index in [0.717, 1.165) is 38.5 Å². The number of primary amides is 1. The van der Waals surface area contributed by atoms with Gasteiger partial charge in [0, 0.05) is 26.3 Å². The number of Topliss-reactive ketones (excluding diaryl/α,β-unsaturated/α-hetero) is 1. The van der Waals surface area contributed by atoms with Crippen molar-refractivity contribution < 1.29 is 14.4 Å². The van der Waals surface area contributed by atoms with Gasteiger partial charge in [0.05, 0.1) is 0 Å². The molecule has 1 fully saturated rings. The van der Waals surface area contributed by atoms with Crippen LogP contribution < -0.4 is 11.1 Å². The minimum atomic E-state index is -0.448. The summed E-state index contributed by atoms with van der Waals surface area (Å²) in [5, 5.41) is 2.87. The highest BCUT2D eigenvalue weighted by Crippen LogP contribution is 2.40. The van der Waals surface area contributed by atoms with Crippen molar-refractivity contribution in [1.82, 2.24) is 10.2 Å². The highest BCUT2D eigenvalue weighted by atomic mass is 16.2. The Labute approximate surface area is 242 Å². The summed E-state index contributed by atoms with van der Waals surface area (Å²) < 4.78 is 0. The molecule has 2 atom stereocenters. The molecule has 40 heavy (non-hydrogen) atoms. The zero-order valence-electron chi connectivity index (χ0n) is 25.8. The number of amides is 2.